The molecule has 3 atom stereocenters. The first kappa shape index (κ1) is 15.2. The molecule has 20 heavy (non-hydrogen) atoms. The van der Waals surface area contributed by atoms with Crippen molar-refractivity contribution in [1.82, 2.24) is 9.97 Å². The molecule has 0 bridgehead atoms. The van der Waals surface area contributed by atoms with Gasteiger partial charge in [0.2, 0.25) is 0 Å². The van der Waals surface area contributed by atoms with Gasteiger partial charge in [0.15, 0.2) is 0 Å². The smallest absolute Gasteiger partial charge is 0.144 e. The molecule has 1 aromatic rings. The van der Waals surface area contributed by atoms with E-state index < -0.39 is 0 Å². The van der Waals surface area contributed by atoms with Crippen molar-refractivity contribution in [3.63, 3.8) is 0 Å². The Kier molecular flexibility index (Phi) is 5.77. The Morgan fingerprint density at radius 1 is 1.20 bits per heavy atom. The molecule has 0 aromatic carbocycles. The first-order chi connectivity index (χ1) is 9.69. The number of anilines is 1. The number of hydrogen-bond acceptors (Lipinski definition) is 4. The van der Waals surface area contributed by atoms with Gasteiger partial charge in [0.25, 0.3) is 0 Å². The van der Waals surface area contributed by atoms with Gasteiger partial charge >= 0.3 is 0 Å². The van der Waals surface area contributed by atoms with E-state index in [1.165, 1.54) is 19.3 Å². The lowest BCUT2D eigenvalue weighted by molar-refractivity contribution is -0.00885. The Hall–Kier alpha value is -1.16. The van der Waals surface area contributed by atoms with E-state index in [1.807, 2.05) is 6.20 Å². The zero-order valence-electron chi connectivity index (χ0n) is 12.9. The molecule has 1 aromatic heterocycles. The van der Waals surface area contributed by atoms with Crippen molar-refractivity contribution >= 4 is 5.82 Å². The molecule has 0 aliphatic heterocycles. The van der Waals surface area contributed by atoms with Gasteiger partial charge in [-0.1, -0.05) is 20.8 Å². The first-order valence-electron chi connectivity index (χ1n) is 7.85. The molecule has 4 nitrogen and oxygen atoms in total. The minimum Gasteiger partial charge on any atom is -0.372 e. The number of rotatable bonds is 6. The SMILES string of the molecule is CCCNc1cnc(COC2CCC(C)C(C)C2)cn1. The predicted octanol–water partition coefficient (Wildman–Crippen LogP) is 3.64. The van der Waals surface area contributed by atoms with Crippen LogP contribution in [0.5, 0.6) is 0 Å². The van der Waals surface area contributed by atoms with Crippen LogP contribution in [0, 0.1) is 11.8 Å². The van der Waals surface area contributed by atoms with E-state index in [0.717, 1.165) is 36.3 Å². The molecular weight excluding hydrogens is 250 g/mol. The number of hydrogen-bond donors (Lipinski definition) is 1. The van der Waals surface area contributed by atoms with Crippen LogP contribution in [0.3, 0.4) is 0 Å². The fraction of sp³-hybridized carbons (Fsp3) is 0.750. The lowest BCUT2D eigenvalue weighted by Crippen LogP contribution is -2.26. The molecule has 1 aliphatic rings. The third-order valence-electron chi connectivity index (χ3n) is 4.28. The number of aromatic nitrogens is 2. The van der Waals surface area contributed by atoms with Crippen LogP contribution in [-0.2, 0) is 11.3 Å². The van der Waals surface area contributed by atoms with E-state index in [4.69, 9.17) is 4.74 Å². The maximum Gasteiger partial charge on any atom is 0.144 e. The predicted molar refractivity (Wildman–Crippen MR) is 81.6 cm³/mol. The molecule has 3 unspecified atom stereocenters. The van der Waals surface area contributed by atoms with Crippen LogP contribution < -0.4 is 5.32 Å². The summed E-state index contributed by atoms with van der Waals surface area (Å²) in [6.07, 6.45) is 8.70. The summed E-state index contributed by atoms with van der Waals surface area (Å²) in [6.45, 7) is 8.31. The number of nitrogens with one attached hydrogen (secondary N) is 1. The van der Waals surface area contributed by atoms with Gasteiger partial charge in [0.05, 0.1) is 30.8 Å². The highest BCUT2D eigenvalue weighted by atomic mass is 16.5. The fourth-order valence-corrected chi connectivity index (χ4v) is 2.63. The summed E-state index contributed by atoms with van der Waals surface area (Å²) in [5, 5.41) is 3.22. The molecule has 1 fully saturated rings. The molecule has 112 valence electrons. The Morgan fingerprint density at radius 3 is 2.70 bits per heavy atom. The third kappa shape index (κ3) is 4.44. The lowest BCUT2D eigenvalue weighted by Gasteiger charge is -2.31. The molecule has 4 heteroatoms. The Bertz CT molecular complexity index is 393. The second-order valence-corrected chi connectivity index (χ2v) is 6.02. The van der Waals surface area contributed by atoms with Crippen molar-refractivity contribution in [2.24, 2.45) is 11.8 Å². The van der Waals surface area contributed by atoms with E-state index in [0.29, 0.717) is 12.7 Å². The zero-order valence-corrected chi connectivity index (χ0v) is 12.9. The zero-order chi connectivity index (χ0) is 14.4. The highest BCUT2D eigenvalue weighted by Gasteiger charge is 2.24. The fourth-order valence-electron chi connectivity index (χ4n) is 2.63. The monoisotopic (exact) mass is 277 g/mol. The van der Waals surface area contributed by atoms with E-state index in [2.05, 4.69) is 36.1 Å². The molecule has 1 saturated carbocycles. The van der Waals surface area contributed by atoms with Crippen molar-refractivity contribution in [3.05, 3.63) is 18.1 Å². The van der Waals surface area contributed by atoms with Crippen molar-refractivity contribution in [1.29, 1.82) is 0 Å². The molecule has 1 heterocycles. The summed E-state index contributed by atoms with van der Waals surface area (Å²) < 4.78 is 5.99. The Balaban J connectivity index is 1.76. The van der Waals surface area contributed by atoms with E-state index in [1.54, 1.807) is 6.20 Å². The summed E-state index contributed by atoms with van der Waals surface area (Å²) in [5.74, 6) is 2.44. The van der Waals surface area contributed by atoms with Crippen LogP contribution in [0.1, 0.15) is 52.1 Å². The minimum atomic E-state index is 0.390. The first-order valence-corrected chi connectivity index (χ1v) is 7.85. The highest BCUT2D eigenvalue weighted by molar-refractivity contribution is 5.30. The third-order valence-corrected chi connectivity index (χ3v) is 4.28. The molecule has 2 rings (SSSR count). The largest absolute Gasteiger partial charge is 0.372 e. The molecule has 0 radical (unpaired) electrons. The topological polar surface area (TPSA) is 47.0 Å². The van der Waals surface area contributed by atoms with Crippen molar-refractivity contribution < 1.29 is 4.74 Å². The average molecular weight is 277 g/mol. The van der Waals surface area contributed by atoms with E-state index in [9.17, 15) is 0 Å². The lowest BCUT2D eigenvalue weighted by atomic mass is 9.80. The summed E-state index contributed by atoms with van der Waals surface area (Å²) in [4.78, 5) is 8.75. The Morgan fingerprint density at radius 2 is 2.05 bits per heavy atom. The highest BCUT2D eigenvalue weighted by Crippen LogP contribution is 2.31. The maximum atomic E-state index is 5.99. The number of nitrogens with zero attached hydrogens (tertiary/aromatic N) is 2. The van der Waals surface area contributed by atoms with Gasteiger partial charge in [-0.25, -0.2) is 4.98 Å². The molecule has 0 amide bonds. The van der Waals surface area contributed by atoms with Crippen molar-refractivity contribution in [2.75, 3.05) is 11.9 Å². The van der Waals surface area contributed by atoms with Crippen molar-refractivity contribution in [2.45, 2.75) is 59.2 Å². The normalized spacial score (nSPS) is 26.4. The van der Waals surface area contributed by atoms with Gasteiger partial charge in [-0.15, -0.1) is 0 Å². The summed E-state index contributed by atoms with van der Waals surface area (Å²) in [7, 11) is 0. The average Bonchev–Trinajstić information content (AvgIpc) is 2.47. The quantitative estimate of drug-likeness (QED) is 0.862. The summed E-state index contributed by atoms with van der Waals surface area (Å²) >= 11 is 0. The molecule has 0 spiro atoms. The van der Waals surface area contributed by atoms with Gasteiger partial charge in [-0.3, -0.25) is 4.98 Å². The molecule has 1 N–H and O–H groups in total. The molecular formula is C16H27N3O. The van der Waals surface area contributed by atoms with Gasteiger partial charge < -0.3 is 10.1 Å². The Labute approximate surface area is 122 Å². The summed E-state index contributed by atoms with van der Waals surface area (Å²) in [5.41, 5.74) is 0.915. The van der Waals surface area contributed by atoms with Crippen LogP contribution in [0.2, 0.25) is 0 Å². The molecule has 0 saturated heterocycles. The second-order valence-electron chi connectivity index (χ2n) is 6.02. The van der Waals surface area contributed by atoms with Gasteiger partial charge in [0.1, 0.15) is 5.82 Å². The standard InChI is InChI=1S/C16H27N3O/c1-4-7-17-16-10-18-14(9-19-16)11-20-15-6-5-12(2)13(3)8-15/h9-10,12-13,15H,4-8,11H2,1-3H3,(H,17,19). The number of ether oxygens (including phenoxy) is 1. The van der Waals surface area contributed by atoms with Gasteiger partial charge in [0, 0.05) is 6.54 Å². The summed E-state index contributed by atoms with van der Waals surface area (Å²) in [6, 6.07) is 0. The van der Waals surface area contributed by atoms with Crippen molar-refractivity contribution in [3.8, 4) is 0 Å². The maximum absolute atomic E-state index is 5.99. The molecule has 1 aliphatic carbocycles. The van der Waals surface area contributed by atoms with E-state index in [-0.39, 0.29) is 0 Å². The van der Waals surface area contributed by atoms with Crippen LogP contribution >= 0.6 is 0 Å². The van der Waals surface area contributed by atoms with E-state index >= 15 is 0 Å². The van der Waals surface area contributed by atoms with Crippen LogP contribution in [0.15, 0.2) is 12.4 Å². The van der Waals surface area contributed by atoms with Gasteiger partial charge in [-0.05, 0) is 37.5 Å². The van der Waals surface area contributed by atoms with Gasteiger partial charge in [-0.2, -0.15) is 0 Å². The van der Waals surface area contributed by atoms with Crippen LogP contribution in [-0.4, -0.2) is 22.6 Å². The second kappa shape index (κ2) is 7.58. The van der Waals surface area contributed by atoms with Crippen LogP contribution in [0.4, 0.5) is 5.82 Å². The minimum absolute atomic E-state index is 0.390. The van der Waals surface area contributed by atoms with Crippen LogP contribution in [0.25, 0.3) is 0 Å².